The number of rotatable bonds is 0. The van der Waals surface area contributed by atoms with Crippen LogP contribution in [0.4, 0.5) is 0 Å². The van der Waals surface area contributed by atoms with E-state index in [4.69, 9.17) is 0 Å². The van der Waals surface area contributed by atoms with Crippen LogP contribution in [-0.4, -0.2) is 14.1 Å². The Morgan fingerprint density at radius 1 is 1.33 bits per heavy atom. The summed E-state index contributed by atoms with van der Waals surface area (Å²) in [6, 6.07) is 1.88. The van der Waals surface area contributed by atoms with E-state index in [0.29, 0.717) is 5.52 Å². The molecule has 2 aromatic heterocycles. The minimum absolute atomic E-state index is 0.0481. The predicted molar refractivity (Wildman–Crippen MR) is 46.0 cm³/mol. The highest BCUT2D eigenvalue weighted by Crippen LogP contribution is 2.04. The molecule has 4 heteroatoms. The number of aromatic nitrogens is 3. The number of nitrogens with zero attached hydrogens (tertiary/aromatic N) is 3. The molecule has 0 amide bonds. The second-order valence-electron chi connectivity index (χ2n) is 2.82. The van der Waals surface area contributed by atoms with Gasteiger partial charge in [0.2, 0.25) is 0 Å². The molecule has 0 atom stereocenters. The maximum Gasteiger partial charge on any atom is 0.278 e. The van der Waals surface area contributed by atoms with Gasteiger partial charge in [-0.1, -0.05) is 0 Å². The molecule has 62 valence electrons. The molecule has 0 fully saturated rings. The molecule has 0 N–H and O–H groups in total. The summed E-state index contributed by atoms with van der Waals surface area (Å²) in [4.78, 5) is 15.4. The number of fused-ring (bicyclic) bond motifs is 1. The van der Waals surface area contributed by atoms with Crippen molar-refractivity contribution in [2.75, 3.05) is 0 Å². The van der Waals surface area contributed by atoms with Gasteiger partial charge in [-0.15, -0.1) is 0 Å². The van der Waals surface area contributed by atoms with Gasteiger partial charge >= 0.3 is 0 Å². The van der Waals surface area contributed by atoms with E-state index in [1.54, 1.807) is 19.6 Å². The summed E-state index contributed by atoms with van der Waals surface area (Å²) < 4.78 is 3.35. The van der Waals surface area contributed by atoms with Gasteiger partial charge in [-0.2, -0.15) is 0 Å². The van der Waals surface area contributed by atoms with Gasteiger partial charge < -0.3 is 9.13 Å². The SMILES string of the molecule is Cn1ccc2c(ncn2C)c1=O. The molecule has 4 nitrogen and oxygen atoms in total. The topological polar surface area (TPSA) is 39.8 Å². The lowest BCUT2D eigenvalue weighted by Gasteiger charge is -1.96. The van der Waals surface area contributed by atoms with Gasteiger partial charge in [0.05, 0.1) is 11.8 Å². The molecule has 2 aromatic rings. The van der Waals surface area contributed by atoms with E-state index in [1.807, 2.05) is 17.7 Å². The summed E-state index contributed by atoms with van der Waals surface area (Å²) in [6.45, 7) is 0. The smallest absolute Gasteiger partial charge is 0.278 e. The number of hydrogen-bond acceptors (Lipinski definition) is 2. The van der Waals surface area contributed by atoms with E-state index in [2.05, 4.69) is 4.98 Å². The van der Waals surface area contributed by atoms with Crippen LogP contribution in [0.15, 0.2) is 23.4 Å². The normalized spacial score (nSPS) is 10.8. The zero-order chi connectivity index (χ0) is 8.72. The van der Waals surface area contributed by atoms with E-state index in [-0.39, 0.29) is 5.56 Å². The van der Waals surface area contributed by atoms with Crippen LogP contribution in [0.1, 0.15) is 0 Å². The Bertz CT molecular complexity index is 480. The Hall–Kier alpha value is -1.58. The standard InChI is InChI=1S/C8H9N3O/c1-10-4-3-6-7(8(10)12)9-5-11(6)2/h3-5H,1-2H3. The fourth-order valence-electron chi connectivity index (χ4n) is 1.22. The lowest BCUT2D eigenvalue weighted by molar-refractivity contribution is 0.868. The summed E-state index contributed by atoms with van der Waals surface area (Å²) in [5.41, 5.74) is 1.36. The molecule has 0 aliphatic rings. The molecule has 0 aromatic carbocycles. The maximum atomic E-state index is 11.4. The molecule has 0 saturated carbocycles. The Kier molecular flexibility index (Phi) is 1.30. The van der Waals surface area contributed by atoms with Crippen LogP contribution in [-0.2, 0) is 14.1 Å². The zero-order valence-electron chi connectivity index (χ0n) is 6.98. The number of aryl methyl sites for hydroxylation is 2. The zero-order valence-corrected chi connectivity index (χ0v) is 6.98. The van der Waals surface area contributed by atoms with E-state index in [0.717, 1.165) is 5.52 Å². The first-order chi connectivity index (χ1) is 5.70. The van der Waals surface area contributed by atoms with Crippen LogP contribution >= 0.6 is 0 Å². The summed E-state index contributed by atoms with van der Waals surface area (Å²) in [6.07, 6.45) is 3.39. The molecule has 0 spiro atoms. The molecule has 0 aliphatic heterocycles. The summed E-state index contributed by atoms with van der Waals surface area (Å²) in [7, 11) is 3.59. The van der Waals surface area contributed by atoms with Gasteiger partial charge in [-0.25, -0.2) is 4.98 Å². The summed E-state index contributed by atoms with van der Waals surface area (Å²) in [5.74, 6) is 0. The fourth-order valence-corrected chi connectivity index (χ4v) is 1.22. The minimum Gasteiger partial charge on any atom is -0.334 e. The average Bonchev–Trinajstić information content (AvgIpc) is 2.41. The van der Waals surface area contributed by atoms with Crippen molar-refractivity contribution in [3.05, 3.63) is 28.9 Å². The molecule has 0 saturated heterocycles. The van der Waals surface area contributed by atoms with Gasteiger partial charge in [0.15, 0.2) is 5.52 Å². The van der Waals surface area contributed by atoms with Gasteiger partial charge in [-0.3, -0.25) is 4.79 Å². The molecule has 0 bridgehead atoms. The third-order valence-corrected chi connectivity index (χ3v) is 1.96. The largest absolute Gasteiger partial charge is 0.334 e. The maximum absolute atomic E-state index is 11.4. The lowest BCUT2D eigenvalue weighted by atomic mass is 10.4. The monoisotopic (exact) mass is 163 g/mol. The van der Waals surface area contributed by atoms with Crippen molar-refractivity contribution in [2.45, 2.75) is 0 Å². The van der Waals surface area contributed by atoms with Gasteiger partial charge in [0.1, 0.15) is 0 Å². The van der Waals surface area contributed by atoms with Crippen molar-refractivity contribution in [1.82, 2.24) is 14.1 Å². The Morgan fingerprint density at radius 3 is 2.83 bits per heavy atom. The van der Waals surface area contributed by atoms with Crippen molar-refractivity contribution in [2.24, 2.45) is 14.1 Å². The minimum atomic E-state index is -0.0481. The van der Waals surface area contributed by atoms with Crippen molar-refractivity contribution >= 4 is 11.0 Å². The van der Waals surface area contributed by atoms with E-state index in [1.165, 1.54) is 4.57 Å². The highest BCUT2D eigenvalue weighted by Gasteiger charge is 2.03. The van der Waals surface area contributed by atoms with Crippen LogP contribution in [0.2, 0.25) is 0 Å². The molecule has 0 radical (unpaired) electrons. The van der Waals surface area contributed by atoms with Crippen LogP contribution < -0.4 is 5.56 Å². The first-order valence-electron chi connectivity index (χ1n) is 3.67. The van der Waals surface area contributed by atoms with E-state index in [9.17, 15) is 4.79 Å². The first kappa shape index (κ1) is 7.09. The first-order valence-corrected chi connectivity index (χ1v) is 3.67. The number of pyridine rings is 1. The summed E-state index contributed by atoms with van der Waals surface area (Å²) in [5, 5.41) is 0. The van der Waals surface area contributed by atoms with Crippen molar-refractivity contribution in [3.63, 3.8) is 0 Å². The molecule has 0 unspecified atom stereocenters. The van der Waals surface area contributed by atoms with E-state index < -0.39 is 0 Å². The highest BCUT2D eigenvalue weighted by molar-refractivity contribution is 5.73. The van der Waals surface area contributed by atoms with Crippen LogP contribution in [0.25, 0.3) is 11.0 Å². The molecule has 2 rings (SSSR count). The predicted octanol–water partition coefficient (Wildman–Crippen LogP) is 0.272. The average molecular weight is 163 g/mol. The van der Waals surface area contributed by atoms with Gasteiger partial charge in [-0.05, 0) is 6.07 Å². The van der Waals surface area contributed by atoms with Gasteiger partial charge in [0.25, 0.3) is 5.56 Å². The summed E-state index contributed by atoms with van der Waals surface area (Å²) >= 11 is 0. The lowest BCUT2D eigenvalue weighted by Crippen LogP contribution is -2.15. The van der Waals surface area contributed by atoms with Crippen molar-refractivity contribution in [3.8, 4) is 0 Å². The molecular weight excluding hydrogens is 154 g/mol. The number of imidazole rings is 1. The van der Waals surface area contributed by atoms with Gasteiger partial charge in [0, 0.05) is 20.3 Å². The van der Waals surface area contributed by atoms with Crippen LogP contribution in [0.3, 0.4) is 0 Å². The van der Waals surface area contributed by atoms with Crippen molar-refractivity contribution in [1.29, 1.82) is 0 Å². The molecule has 2 heterocycles. The molecule has 12 heavy (non-hydrogen) atoms. The van der Waals surface area contributed by atoms with Crippen LogP contribution in [0, 0.1) is 0 Å². The second kappa shape index (κ2) is 2.20. The Morgan fingerprint density at radius 2 is 2.08 bits per heavy atom. The highest BCUT2D eigenvalue weighted by atomic mass is 16.1. The molecule has 0 aliphatic carbocycles. The number of hydrogen-bond donors (Lipinski definition) is 0. The Labute approximate surface area is 69.1 Å². The fraction of sp³-hybridized carbons (Fsp3) is 0.250. The third-order valence-electron chi connectivity index (χ3n) is 1.96. The van der Waals surface area contributed by atoms with Crippen LogP contribution in [0.5, 0.6) is 0 Å². The Balaban J connectivity index is 3.03. The van der Waals surface area contributed by atoms with Crippen molar-refractivity contribution < 1.29 is 0 Å². The molecular formula is C8H9N3O. The quantitative estimate of drug-likeness (QED) is 0.559. The second-order valence-corrected chi connectivity index (χ2v) is 2.82. The third kappa shape index (κ3) is 0.777. The van der Waals surface area contributed by atoms with E-state index >= 15 is 0 Å².